The van der Waals surface area contributed by atoms with Crippen LogP contribution in [0.15, 0.2) is 0 Å². The summed E-state index contributed by atoms with van der Waals surface area (Å²) in [6.45, 7) is 1.60. The Morgan fingerprint density at radius 3 is 2.74 bits per heavy atom. The first-order chi connectivity index (χ1) is 9.22. The maximum atomic E-state index is 12.2. The van der Waals surface area contributed by atoms with Crippen LogP contribution < -0.4 is 10.6 Å². The second-order valence-corrected chi connectivity index (χ2v) is 5.15. The van der Waals surface area contributed by atoms with Crippen LogP contribution in [0.25, 0.3) is 0 Å². The van der Waals surface area contributed by atoms with Crippen molar-refractivity contribution in [1.82, 2.24) is 15.5 Å². The van der Waals surface area contributed by atoms with Crippen LogP contribution in [0.4, 0.5) is 0 Å². The van der Waals surface area contributed by atoms with E-state index in [0.29, 0.717) is 25.7 Å². The van der Waals surface area contributed by atoms with Gasteiger partial charge in [-0.25, -0.2) is 0 Å². The van der Waals surface area contributed by atoms with Gasteiger partial charge in [0.15, 0.2) is 0 Å². The largest absolute Gasteiger partial charge is 0.377 e. The number of carbonyl (C=O) groups excluding carboxylic acids is 2. The van der Waals surface area contributed by atoms with Gasteiger partial charge in [0.05, 0.1) is 19.8 Å². The molecule has 6 heteroatoms. The van der Waals surface area contributed by atoms with Crippen LogP contribution in [0.1, 0.15) is 25.7 Å². The minimum atomic E-state index is -0.489. The summed E-state index contributed by atoms with van der Waals surface area (Å²) in [6.07, 6.45) is 4.78. The summed E-state index contributed by atoms with van der Waals surface area (Å²) in [5, 5.41) is 5.88. The Hall–Kier alpha value is -1.14. The van der Waals surface area contributed by atoms with Crippen molar-refractivity contribution in [3.05, 3.63) is 0 Å². The molecule has 0 bridgehead atoms. The minimum absolute atomic E-state index is 0.0104. The number of morpholine rings is 1. The molecule has 1 saturated carbocycles. The molecule has 0 aromatic carbocycles. The molecule has 1 atom stereocenters. The van der Waals surface area contributed by atoms with Crippen molar-refractivity contribution in [2.24, 2.45) is 0 Å². The molecule has 2 N–H and O–H groups in total. The number of ether oxygens (including phenoxy) is 1. The van der Waals surface area contributed by atoms with Gasteiger partial charge in [-0.1, -0.05) is 12.8 Å². The summed E-state index contributed by atoms with van der Waals surface area (Å²) < 4.78 is 5.29. The van der Waals surface area contributed by atoms with E-state index in [9.17, 15) is 9.59 Å². The Bertz CT molecular complexity index is 329. The molecule has 0 radical (unpaired) electrons. The first kappa shape index (κ1) is 14.3. The van der Waals surface area contributed by atoms with E-state index >= 15 is 0 Å². The number of nitrogens with one attached hydrogen (secondary N) is 2. The fraction of sp³-hybridized carbons (Fsp3) is 0.846. The molecule has 2 fully saturated rings. The van der Waals surface area contributed by atoms with Gasteiger partial charge in [0, 0.05) is 19.6 Å². The molecule has 2 amide bonds. The van der Waals surface area contributed by atoms with Crippen molar-refractivity contribution in [2.45, 2.75) is 37.8 Å². The molecule has 19 heavy (non-hydrogen) atoms. The van der Waals surface area contributed by atoms with E-state index in [0.717, 1.165) is 12.8 Å². The summed E-state index contributed by atoms with van der Waals surface area (Å²) in [5.74, 6) is -0.169. The number of hydrogen-bond acceptors (Lipinski definition) is 4. The maximum absolute atomic E-state index is 12.2. The molecule has 108 valence electrons. The summed E-state index contributed by atoms with van der Waals surface area (Å²) in [4.78, 5) is 25.6. The predicted octanol–water partition coefficient (Wildman–Crippen LogP) is -0.508. The van der Waals surface area contributed by atoms with E-state index < -0.39 is 6.04 Å². The Labute approximate surface area is 113 Å². The van der Waals surface area contributed by atoms with Crippen LogP contribution in [-0.4, -0.2) is 62.1 Å². The highest BCUT2D eigenvalue weighted by atomic mass is 16.5. The highest BCUT2D eigenvalue weighted by Crippen LogP contribution is 2.17. The lowest BCUT2D eigenvalue weighted by atomic mass is 10.2. The first-order valence-corrected chi connectivity index (χ1v) is 7.04. The van der Waals surface area contributed by atoms with Gasteiger partial charge in [-0.15, -0.1) is 0 Å². The number of carbonyl (C=O) groups is 2. The molecule has 2 rings (SSSR count). The van der Waals surface area contributed by atoms with Crippen LogP contribution in [0, 0.1) is 0 Å². The third-order valence-electron chi connectivity index (χ3n) is 3.89. The lowest BCUT2D eigenvalue weighted by Gasteiger charge is -2.34. The summed E-state index contributed by atoms with van der Waals surface area (Å²) in [6, 6.07) is -0.0277. The van der Waals surface area contributed by atoms with Crippen LogP contribution in [0.3, 0.4) is 0 Å². The average Bonchev–Trinajstić information content (AvgIpc) is 2.97. The number of nitrogens with zero attached hydrogens (tertiary/aromatic N) is 1. The number of hydrogen-bond donors (Lipinski definition) is 2. The number of rotatable bonds is 4. The minimum Gasteiger partial charge on any atom is -0.377 e. The van der Waals surface area contributed by atoms with E-state index in [1.807, 2.05) is 0 Å². The molecule has 1 heterocycles. The molecule has 1 saturated heterocycles. The van der Waals surface area contributed by atoms with Crippen molar-refractivity contribution < 1.29 is 14.3 Å². The van der Waals surface area contributed by atoms with E-state index in [4.69, 9.17) is 4.74 Å². The molecule has 1 unspecified atom stereocenters. The number of amides is 2. The van der Waals surface area contributed by atoms with E-state index in [1.54, 1.807) is 11.9 Å². The van der Waals surface area contributed by atoms with Crippen molar-refractivity contribution >= 4 is 11.8 Å². The quantitative estimate of drug-likeness (QED) is 0.721. The van der Waals surface area contributed by atoms with Gasteiger partial charge >= 0.3 is 0 Å². The molecule has 0 spiro atoms. The van der Waals surface area contributed by atoms with E-state index in [2.05, 4.69) is 10.6 Å². The van der Waals surface area contributed by atoms with Gasteiger partial charge in [0.25, 0.3) is 0 Å². The zero-order valence-corrected chi connectivity index (χ0v) is 11.5. The Morgan fingerprint density at radius 2 is 2.05 bits per heavy atom. The molecule has 2 aliphatic rings. The van der Waals surface area contributed by atoms with Crippen LogP contribution in [-0.2, 0) is 14.3 Å². The van der Waals surface area contributed by atoms with Crippen molar-refractivity contribution in [2.75, 3.05) is 33.4 Å². The van der Waals surface area contributed by atoms with Gasteiger partial charge in [-0.3, -0.25) is 9.59 Å². The van der Waals surface area contributed by atoms with Crippen molar-refractivity contribution in [3.63, 3.8) is 0 Å². The predicted molar refractivity (Wildman–Crippen MR) is 70.6 cm³/mol. The lowest BCUT2D eigenvalue weighted by molar-refractivity contribution is -0.147. The molecular formula is C13H23N3O3. The van der Waals surface area contributed by atoms with E-state index in [1.165, 1.54) is 12.8 Å². The zero-order chi connectivity index (χ0) is 13.7. The third kappa shape index (κ3) is 3.67. The average molecular weight is 269 g/mol. The van der Waals surface area contributed by atoms with Gasteiger partial charge < -0.3 is 20.3 Å². The first-order valence-electron chi connectivity index (χ1n) is 7.04. The summed E-state index contributed by atoms with van der Waals surface area (Å²) >= 11 is 0. The SMILES string of the molecule is CNC(=O)C1COCCN1C(=O)CNC1CCCC1. The maximum Gasteiger partial charge on any atom is 0.244 e. The molecule has 0 aromatic rings. The van der Waals surface area contributed by atoms with Crippen molar-refractivity contribution in [1.29, 1.82) is 0 Å². The second kappa shape index (κ2) is 6.86. The summed E-state index contributed by atoms with van der Waals surface area (Å²) in [5.41, 5.74) is 0. The number of likely N-dealkylation sites (N-methyl/N-ethyl adjacent to an activating group) is 1. The molecular weight excluding hydrogens is 246 g/mol. The standard InChI is InChI=1S/C13H23N3O3/c1-14-13(18)11-9-19-7-6-16(11)12(17)8-15-10-4-2-3-5-10/h10-11,15H,2-9H2,1H3,(H,14,18). The second-order valence-electron chi connectivity index (χ2n) is 5.15. The van der Waals surface area contributed by atoms with Crippen LogP contribution >= 0.6 is 0 Å². The smallest absolute Gasteiger partial charge is 0.244 e. The van der Waals surface area contributed by atoms with Gasteiger partial charge in [-0.05, 0) is 12.8 Å². The van der Waals surface area contributed by atoms with Gasteiger partial charge in [-0.2, -0.15) is 0 Å². The fourth-order valence-electron chi connectivity index (χ4n) is 2.75. The topological polar surface area (TPSA) is 70.7 Å². The molecule has 1 aliphatic carbocycles. The van der Waals surface area contributed by atoms with Crippen molar-refractivity contribution in [3.8, 4) is 0 Å². The lowest BCUT2D eigenvalue weighted by Crippen LogP contribution is -2.57. The third-order valence-corrected chi connectivity index (χ3v) is 3.89. The highest BCUT2D eigenvalue weighted by Gasteiger charge is 2.32. The molecule has 6 nitrogen and oxygen atoms in total. The summed E-state index contributed by atoms with van der Waals surface area (Å²) in [7, 11) is 1.58. The molecule has 0 aromatic heterocycles. The van der Waals surface area contributed by atoms with E-state index in [-0.39, 0.29) is 18.4 Å². The Kier molecular flexibility index (Phi) is 5.15. The van der Waals surface area contributed by atoms with Gasteiger partial charge in [0.1, 0.15) is 6.04 Å². The Morgan fingerprint density at radius 1 is 1.32 bits per heavy atom. The highest BCUT2D eigenvalue weighted by molar-refractivity contribution is 5.88. The normalized spacial score (nSPS) is 24.5. The monoisotopic (exact) mass is 269 g/mol. The molecule has 1 aliphatic heterocycles. The van der Waals surface area contributed by atoms with Crippen LogP contribution in [0.2, 0.25) is 0 Å². The van der Waals surface area contributed by atoms with Gasteiger partial charge in [0.2, 0.25) is 11.8 Å². The Balaban J connectivity index is 1.85. The fourth-order valence-corrected chi connectivity index (χ4v) is 2.75. The van der Waals surface area contributed by atoms with Crippen LogP contribution in [0.5, 0.6) is 0 Å². The zero-order valence-electron chi connectivity index (χ0n) is 11.5.